The molecule has 2 heterocycles. The molecule has 2 aromatic heterocycles. The average molecular weight is 555 g/mol. The standard InChI is InChI=1S/C15H15F3N2O2.C15H18N2O/c1-14(2,3)13-12(21)7-8-20(19-13)10-5-4-6-11(9-10)22-15(16,17)18;1-11-6-5-7-12(10-11)17-9-8-13(18)14(16-17)15(2,3)4/h4-9H,1-3H3;5-10H,1-4H3. The van der Waals surface area contributed by atoms with Crippen LogP contribution in [-0.4, -0.2) is 25.9 Å². The highest BCUT2D eigenvalue weighted by molar-refractivity contribution is 5.39. The van der Waals surface area contributed by atoms with Gasteiger partial charge in [-0.2, -0.15) is 10.2 Å². The molecule has 10 heteroatoms. The van der Waals surface area contributed by atoms with E-state index in [1.54, 1.807) is 23.0 Å². The van der Waals surface area contributed by atoms with Crippen molar-refractivity contribution < 1.29 is 17.9 Å². The summed E-state index contributed by atoms with van der Waals surface area (Å²) in [6, 6.07) is 16.4. The van der Waals surface area contributed by atoms with Crippen molar-refractivity contribution in [3.63, 3.8) is 0 Å². The molecule has 2 aromatic carbocycles. The summed E-state index contributed by atoms with van der Waals surface area (Å²) in [5.41, 5.74) is 2.49. The van der Waals surface area contributed by atoms with Gasteiger partial charge in [0.25, 0.3) is 0 Å². The summed E-state index contributed by atoms with van der Waals surface area (Å²) in [5, 5.41) is 8.68. The fourth-order valence-electron chi connectivity index (χ4n) is 3.74. The fraction of sp³-hybridized carbons (Fsp3) is 0.333. The largest absolute Gasteiger partial charge is 0.573 e. The third kappa shape index (κ3) is 8.14. The number of alkyl halides is 3. The van der Waals surface area contributed by atoms with Crippen molar-refractivity contribution >= 4 is 0 Å². The van der Waals surface area contributed by atoms with E-state index in [1.165, 1.54) is 40.7 Å². The maximum Gasteiger partial charge on any atom is 0.573 e. The van der Waals surface area contributed by atoms with Crippen molar-refractivity contribution in [3.05, 3.63) is 110 Å². The molecular weight excluding hydrogens is 521 g/mol. The Morgan fingerprint density at radius 2 is 1.12 bits per heavy atom. The van der Waals surface area contributed by atoms with Crippen LogP contribution in [0.15, 0.2) is 82.6 Å². The van der Waals surface area contributed by atoms with Crippen LogP contribution >= 0.6 is 0 Å². The van der Waals surface area contributed by atoms with Crippen LogP contribution in [0.2, 0.25) is 0 Å². The number of hydrogen-bond donors (Lipinski definition) is 0. The summed E-state index contributed by atoms with van der Waals surface area (Å²) >= 11 is 0. The normalized spacial score (nSPS) is 11.9. The highest BCUT2D eigenvalue weighted by Crippen LogP contribution is 2.25. The van der Waals surface area contributed by atoms with Crippen LogP contribution in [0.3, 0.4) is 0 Å². The van der Waals surface area contributed by atoms with Crippen molar-refractivity contribution in [1.82, 2.24) is 19.6 Å². The fourth-order valence-corrected chi connectivity index (χ4v) is 3.74. The van der Waals surface area contributed by atoms with E-state index in [-0.39, 0.29) is 22.0 Å². The summed E-state index contributed by atoms with van der Waals surface area (Å²) in [7, 11) is 0. The van der Waals surface area contributed by atoms with Gasteiger partial charge in [-0.15, -0.1) is 13.2 Å². The number of aromatic nitrogens is 4. The zero-order valence-electron chi connectivity index (χ0n) is 23.6. The molecular formula is C30H33F3N4O3. The summed E-state index contributed by atoms with van der Waals surface area (Å²) in [4.78, 5) is 23.7. The molecule has 212 valence electrons. The second-order valence-corrected chi connectivity index (χ2v) is 11.3. The highest BCUT2D eigenvalue weighted by Gasteiger charge is 2.31. The van der Waals surface area contributed by atoms with Crippen LogP contribution in [0.5, 0.6) is 5.75 Å². The first kappa shape index (κ1) is 30.3. The van der Waals surface area contributed by atoms with Crippen molar-refractivity contribution in [2.45, 2.75) is 65.7 Å². The van der Waals surface area contributed by atoms with Crippen molar-refractivity contribution in [3.8, 4) is 17.1 Å². The van der Waals surface area contributed by atoms with E-state index in [0.29, 0.717) is 17.1 Å². The van der Waals surface area contributed by atoms with E-state index in [0.717, 1.165) is 5.69 Å². The van der Waals surface area contributed by atoms with Crippen molar-refractivity contribution in [1.29, 1.82) is 0 Å². The van der Waals surface area contributed by atoms with Crippen LogP contribution in [0.1, 0.15) is 58.5 Å². The first-order chi connectivity index (χ1) is 18.4. The van der Waals surface area contributed by atoms with Gasteiger partial charge >= 0.3 is 6.36 Å². The van der Waals surface area contributed by atoms with Crippen LogP contribution in [0, 0.1) is 6.92 Å². The van der Waals surface area contributed by atoms with Gasteiger partial charge in [0.1, 0.15) is 17.1 Å². The van der Waals surface area contributed by atoms with Crippen LogP contribution < -0.4 is 15.6 Å². The minimum absolute atomic E-state index is 0.00796. The van der Waals surface area contributed by atoms with E-state index >= 15 is 0 Å². The molecule has 0 unspecified atom stereocenters. The lowest BCUT2D eigenvalue weighted by Gasteiger charge is -2.18. The van der Waals surface area contributed by atoms with E-state index < -0.39 is 11.8 Å². The van der Waals surface area contributed by atoms with Crippen molar-refractivity contribution in [2.24, 2.45) is 0 Å². The predicted octanol–water partition coefficient (Wildman–Crippen LogP) is 6.27. The molecule has 0 aliphatic carbocycles. The molecule has 0 aliphatic rings. The van der Waals surface area contributed by atoms with Gasteiger partial charge in [0.15, 0.2) is 0 Å². The molecule has 0 atom stereocenters. The number of hydrogen-bond acceptors (Lipinski definition) is 5. The minimum Gasteiger partial charge on any atom is -0.406 e. The van der Waals surface area contributed by atoms with Crippen LogP contribution in [0.4, 0.5) is 13.2 Å². The Morgan fingerprint density at radius 1 is 0.675 bits per heavy atom. The van der Waals surface area contributed by atoms with Gasteiger partial charge in [-0.25, -0.2) is 9.36 Å². The van der Waals surface area contributed by atoms with E-state index in [2.05, 4.69) is 14.9 Å². The zero-order chi connectivity index (χ0) is 29.9. The number of aryl methyl sites for hydroxylation is 1. The number of rotatable bonds is 3. The third-order valence-electron chi connectivity index (χ3n) is 5.62. The smallest absolute Gasteiger partial charge is 0.406 e. The Kier molecular flexibility index (Phi) is 8.72. The Labute approximate surface area is 230 Å². The number of benzene rings is 2. The van der Waals surface area contributed by atoms with Crippen LogP contribution in [-0.2, 0) is 10.8 Å². The van der Waals surface area contributed by atoms with Gasteiger partial charge in [-0.3, -0.25) is 9.59 Å². The lowest BCUT2D eigenvalue weighted by molar-refractivity contribution is -0.274. The molecule has 0 saturated heterocycles. The maximum absolute atomic E-state index is 12.3. The van der Waals surface area contributed by atoms with E-state index in [1.807, 2.05) is 72.7 Å². The number of halogens is 3. The number of nitrogens with zero attached hydrogens (tertiary/aromatic N) is 4. The molecule has 0 aliphatic heterocycles. The van der Waals surface area contributed by atoms with Gasteiger partial charge in [0, 0.05) is 41.4 Å². The minimum atomic E-state index is -4.76. The van der Waals surface area contributed by atoms with Gasteiger partial charge in [-0.05, 0) is 36.8 Å². The van der Waals surface area contributed by atoms with Crippen LogP contribution in [0.25, 0.3) is 11.4 Å². The molecule has 0 amide bonds. The second kappa shape index (κ2) is 11.5. The Bertz CT molecular complexity index is 1590. The summed E-state index contributed by atoms with van der Waals surface area (Å²) in [6.45, 7) is 13.5. The molecule has 0 saturated carbocycles. The topological polar surface area (TPSA) is 79.0 Å². The summed E-state index contributed by atoms with van der Waals surface area (Å²) in [6.07, 6.45) is -1.64. The predicted molar refractivity (Wildman–Crippen MR) is 148 cm³/mol. The molecule has 0 bridgehead atoms. The third-order valence-corrected chi connectivity index (χ3v) is 5.62. The zero-order valence-corrected chi connectivity index (χ0v) is 23.6. The lowest BCUT2D eigenvalue weighted by Crippen LogP contribution is -2.26. The first-order valence-corrected chi connectivity index (χ1v) is 12.6. The SMILES string of the molecule is CC(C)(C)c1nn(-c2cccc(OC(F)(F)F)c2)ccc1=O.Cc1cccc(-n2ccc(=O)c(C(C)(C)C)n2)c1. The lowest BCUT2D eigenvalue weighted by atomic mass is 9.92. The summed E-state index contributed by atoms with van der Waals surface area (Å²) < 4.78 is 43.8. The molecule has 0 N–H and O–H groups in total. The van der Waals surface area contributed by atoms with Gasteiger partial charge in [0.05, 0.1) is 11.4 Å². The Balaban J connectivity index is 0.000000225. The molecule has 0 fully saturated rings. The highest BCUT2D eigenvalue weighted by atomic mass is 19.4. The average Bonchev–Trinajstić information content (AvgIpc) is 2.83. The first-order valence-electron chi connectivity index (χ1n) is 12.6. The summed E-state index contributed by atoms with van der Waals surface area (Å²) in [5.74, 6) is -0.345. The quantitative estimate of drug-likeness (QED) is 0.298. The molecule has 0 radical (unpaired) electrons. The van der Waals surface area contributed by atoms with Gasteiger partial charge in [0.2, 0.25) is 10.9 Å². The second-order valence-electron chi connectivity index (χ2n) is 11.3. The molecule has 4 rings (SSSR count). The van der Waals surface area contributed by atoms with E-state index in [9.17, 15) is 22.8 Å². The van der Waals surface area contributed by atoms with Gasteiger partial charge < -0.3 is 4.74 Å². The van der Waals surface area contributed by atoms with Crippen molar-refractivity contribution in [2.75, 3.05) is 0 Å². The van der Waals surface area contributed by atoms with Gasteiger partial charge in [-0.1, -0.05) is 59.7 Å². The molecule has 40 heavy (non-hydrogen) atoms. The Hall–Kier alpha value is -4.21. The number of ether oxygens (including phenoxy) is 1. The molecule has 0 spiro atoms. The molecule has 4 aromatic rings. The Morgan fingerprint density at radius 3 is 1.55 bits per heavy atom. The molecule has 7 nitrogen and oxygen atoms in total. The maximum atomic E-state index is 12.3. The van der Waals surface area contributed by atoms with E-state index in [4.69, 9.17) is 0 Å². The monoisotopic (exact) mass is 554 g/mol.